The van der Waals surface area contributed by atoms with Crippen molar-refractivity contribution in [3.8, 4) is 0 Å². The Morgan fingerprint density at radius 1 is 1.00 bits per heavy atom. The van der Waals surface area contributed by atoms with Crippen molar-refractivity contribution < 1.29 is 4.74 Å². The summed E-state index contributed by atoms with van der Waals surface area (Å²) in [4.78, 5) is 0. The maximum absolute atomic E-state index is 4.96. The predicted octanol–water partition coefficient (Wildman–Crippen LogP) is 1.64. The second kappa shape index (κ2) is 3.08. The molecule has 1 nitrogen and oxygen atoms in total. The third kappa shape index (κ3) is 1.65. The molecule has 0 amide bonds. The summed E-state index contributed by atoms with van der Waals surface area (Å²) in [5.41, 5.74) is 0. The SMILES string of the molecule is C1=C\C=C/OC\C=C/1. The fraction of sp³-hybridized carbons (Fsp3) is 0.143. The lowest BCUT2D eigenvalue weighted by Gasteiger charge is -1.92. The van der Waals surface area contributed by atoms with Crippen molar-refractivity contribution in [2.75, 3.05) is 6.61 Å². The second-order valence-electron chi connectivity index (χ2n) is 1.47. The molecule has 0 atom stereocenters. The molecular formula is C7H8O. The maximum Gasteiger partial charge on any atom is 0.106 e. The zero-order valence-electron chi connectivity index (χ0n) is 4.58. The van der Waals surface area contributed by atoms with E-state index >= 15 is 0 Å². The molecule has 0 unspecified atom stereocenters. The van der Waals surface area contributed by atoms with E-state index in [-0.39, 0.29) is 0 Å². The van der Waals surface area contributed by atoms with Crippen LogP contribution >= 0.6 is 0 Å². The minimum Gasteiger partial charge on any atom is -0.497 e. The van der Waals surface area contributed by atoms with Crippen molar-refractivity contribution >= 4 is 0 Å². The molecule has 0 bridgehead atoms. The lowest BCUT2D eigenvalue weighted by Crippen LogP contribution is -1.80. The Morgan fingerprint density at radius 3 is 2.88 bits per heavy atom. The summed E-state index contributed by atoms with van der Waals surface area (Å²) in [7, 11) is 0. The van der Waals surface area contributed by atoms with Crippen LogP contribution in [0.3, 0.4) is 0 Å². The van der Waals surface area contributed by atoms with Crippen LogP contribution in [0.15, 0.2) is 36.6 Å². The molecule has 0 fully saturated rings. The molecule has 0 aromatic rings. The van der Waals surface area contributed by atoms with E-state index in [1.165, 1.54) is 0 Å². The van der Waals surface area contributed by atoms with Crippen molar-refractivity contribution in [3.05, 3.63) is 36.6 Å². The summed E-state index contributed by atoms with van der Waals surface area (Å²) in [6.07, 6.45) is 11.4. The van der Waals surface area contributed by atoms with E-state index in [0.29, 0.717) is 6.61 Å². The Morgan fingerprint density at radius 2 is 1.88 bits per heavy atom. The third-order valence-corrected chi connectivity index (χ3v) is 0.837. The molecule has 0 saturated heterocycles. The predicted molar refractivity (Wildman–Crippen MR) is 33.4 cm³/mol. The number of hydrogen-bond acceptors (Lipinski definition) is 1. The van der Waals surface area contributed by atoms with Gasteiger partial charge in [0.2, 0.25) is 0 Å². The molecule has 0 radical (unpaired) electrons. The van der Waals surface area contributed by atoms with Gasteiger partial charge in [0.15, 0.2) is 0 Å². The lowest BCUT2D eigenvalue weighted by atomic mass is 10.4. The first-order chi connectivity index (χ1) is 4.00. The third-order valence-electron chi connectivity index (χ3n) is 0.837. The van der Waals surface area contributed by atoms with Gasteiger partial charge in [0, 0.05) is 0 Å². The van der Waals surface area contributed by atoms with Gasteiger partial charge in [-0.15, -0.1) is 0 Å². The summed E-state index contributed by atoms with van der Waals surface area (Å²) in [5, 5.41) is 0. The maximum atomic E-state index is 4.96. The molecular weight excluding hydrogens is 100 g/mol. The van der Waals surface area contributed by atoms with Gasteiger partial charge in [0.1, 0.15) is 6.61 Å². The molecule has 0 saturated carbocycles. The van der Waals surface area contributed by atoms with Crippen LogP contribution in [-0.4, -0.2) is 6.61 Å². The van der Waals surface area contributed by atoms with Gasteiger partial charge in [-0.25, -0.2) is 0 Å². The van der Waals surface area contributed by atoms with E-state index in [2.05, 4.69) is 0 Å². The average Bonchev–Trinajstić information content (AvgIpc) is 1.62. The van der Waals surface area contributed by atoms with Crippen molar-refractivity contribution in [2.45, 2.75) is 0 Å². The smallest absolute Gasteiger partial charge is 0.106 e. The number of ether oxygens (including phenoxy) is 1. The normalized spacial score (nSPS) is 29.0. The zero-order valence-corrected chi connectivity index (χ0v) is 4.58. The van der Waals surface area contributed by atoms with Crippen LogP contribution in [0, 0.1) is 0 Å². The molecule has 1 aliphatic rings. The quantitative estimate of drug-likeness (QED) is 0.458. The van der Waals surface area contributed by atoms with E-state index in [4.69, 9.17) is 4.74 Å². The fourth-order valence-electron chi connectivity index (χ4n) is 0.474. The topological polar surface area (TPSA) is 9.23 Å². The monoisotopic (exact) mass is 108 g/mol. The molecule has 0 N–H and O–H groups in total. The second-order valence-corrected chi connectivity index (χ2v) is 1.47. The van der Waals surface area contributed by atoms with Gasteiger partial charge in [0.05, 0.1) is 6.26 Å². The van der Waals surface area contributed by atoms with E-state index in [0.717, 1.165) is 0 Å². The Labute approximate surface area is 49.0 Å². The fourth-order valence-corrected chi connectivity index (χ4v) is 0.474. The van der Waals surface area contributed by atoms with Crippen LogP contribution in [0.1, 0.15) is 0 Å². The minimum atomic E-state index is 0.681. The molecule has 0 aromatic heterocycles. The summed E-state index contributed by atoms with van der Waals surface area (Å²) >= 11 is 0. The Bertz CT molecular complexity index is 115. The highest BCUT2D eigenvalue weighted by molar-refractivity contribution is 5.11. The summed E-state index contributed by atoms with van der Waals surface area (Å²) in [5.74, 6) is 0. The molecule has 42 valence electrons. The molecule has 1 aliphatic heterocycles. The van der Waals surface area contributed by atoms with Gasteiger partial charge < -0.3 is 4.74 Å². The lowest BCUT2D eigenvalue weighted by molar-refractivity contribution is 0.289. The van der Waals surface area contributed by atoms with Crippen molar-refractivity contribution in [1.29, 1.82) is 0 Å². The molecule has 1 rings (SSSR count). The van der Waals surface area contributed by atoms with Crippen molar-refractivity contribution in [1.82, 2.24) is 0 Å². The van der Waals surface area contributed by atoms with Crippen LogP contribution in [0.4, 0.5) is 0 Å². The molecule has 0 spiro atoms. The summed E-state index contributed by atoms with van der Waals surface area (Å²) in [6.45, 7) is 0.681. The van der Waals surface area contributed by atoms with Crippen molar-refractivity contribution in [2.24, 2.45) is 0 Å². The molecule has 1 heterocycles. The Hall–Kier alpha value is -0.980. The number of allylic oxidation sites excluding steroid dienone is 4. The van der Waals surface area contributed by atoms with Crippen LogP contribution in [0.5, 0.6) is 0 Å². The first-order valence-corrected chi connectivity index (χ1v) is 2.60. The largest absolute Gasteiger partial charge is 0.497 e. The van der Waals surface area contributed by atoms with Gasteiger partial charge in [0.25, 0.3) is 0 Å². The highest BCUT2D eigenvalue weighted by Crippen LogP contribution is 1.87. The van der Waals surface area contributed by atoms with Crippen molar-refractivity contribution in [3.63, 3.8) is 0 Å². The van der Waals surface area contributed by atoms with E-state index in [9.17, 15) is 0 Å². The Kier molecular flexibility index (Phi) is 1.99. The van der Waals surface area contributed by atoms with Gasteiger partial charge in [-0.05, 0) is 12.2 Å². The van der Waals surface area contributed by atoms with Gasteiger partial charge in [-0.1, -0.05) is 18.2 Å². The minimum absolute atomic E-state index is 0.681. The van der Waals surface area contributed by atoms with Gasteiger partial charge >= 0.3 is 0 Å². The van der Waals surface area contributed by atoms with Crippen LogP contribution in [0.2, 0.25) is 0 Å². The number of rotatable bonds is 0. The molecule has 8 heavy (non-hydrogen) atoms. The zero-order chi connectivity index (χ0) is 5.66. The van der Waals surface area contributed by atoms with Crippen LogP contribution in [0.25, 0.3) is 0 Å². The highest BCUT2D eigenvalue weighted by Gasteiger charge is 1.73. The van der Waals surface area contributed by atoms with E-state index in [1.54, 1.807) is 6.26 Å². The molecule has 0 aromatic carbocycles. The van der Waals surface area contributed by atoms with Crippen LogP contribution < -0.4 is 0 Å². The summed E-state index contributed by atoms with van der Waals surface area (Å²) < 4.78 is 4.96. The first-order valence-electron chi connectivity index (χ1n) is 2.60. The average molecular weight is 108 g/mol. The summed E-state index contributed by atoms with van der Waals surface area (Å²) in [6, 6.07) is 0. The van der Waals surface area contributed by atoms with Gasteiger partial charge in [-0.2, -0.15) is 0 Å². The molecule has 0 aliphatic carbocycles. The van der Waals surface area contributed by atoms with E-state index in [1.807, 2.05) is 30.4 Å². The first kappa shape index (κ1) is 5.16. The van der Waals surface area contributed by atoms with E-state index < -0.39 is 0 Å². The standard InChI is InChI=1S/C7H8O/c1-2-4-6-8-7-5-3-1/h1-6H,7H2/b2-1-,5-3-,6-4-. The molecule has 1 heteroatoms. The highest BCUT2D eigenvalue weighted by atomic mass is 16.5. The van der Waals surface area contributed by atoms with Crippen LogP contribution in [-0.2, 0) is 4.74 Å². The van der Waals surface area contributed by atoms with Gasteiger partial charge in [-0.3, -0.25) is 0 Å². The Balaban J connectivity index is 2.51. The number of hydrogen-bond donors (Lipinski definition) is 0.